The molecule has 0 spiro atoms. The molecule has 1 aromatic heterocycles. The summed E-state index contributed by atoms with van der Waals surface area (Å²) in [6.45, 7) is 14.5. The lowest BCUT2D eigenvalue weighted by atomic mass is 10.1. The molecule has 1 unspecified atom stereocenters. The molecule has 0 amide bonds. The third-order valence-electron chi connectivity index (χ3n) is 4.26. The smallest absolute Gasteiger partial charge is 0.191 e. The monoisotopic (exact) mass is 323 g/mol. The highest BCUT2D eigenvalue weighted by Gasteiger charge is 2.14. The molecule has 6 heteroatoms. The molecule has 0 aliphatic rings. The summed E-state index contributed by atoms with van der Waals surface area (Å²) in [5, 5.41) is 10.9. The summed E-state index contributed by atoms with van der Waals surface area (Å²) in [4.78, 5) is 6.73. The van der Waals surface area contributed by atoms with Crippen molar-refractivity contribution in [2.75, 3.05) is 26.7 Å². The molecular formula is C17H33N5O. The van der Waals surface area contributed by atoms with Crippen LogP contribution < -0.4 is 10.6 Å². The normalized spacial score (nSPS) is 13.4. The quantitative estimate of drug-likeness (QED) is 0.539. The van der Waals surface area contributed by atoms with Gasteiger partial charge in [0.1, 0.15) is 5.76 Å². The summed E-state index contributed by atoms with van der Waals surface area (Å²) in [6, 6.07) is 0.469. The average Bonchev–Trinajstić information content (AvgIpc) is 2.98. The molecule has 1 atom stereocenters. The van der Waals surface area contributed by atoms with Crippen molar-refractivity contribution in [2.24, 2.45) is 4.99 Å². The summed E-state index contributed by atoms with van der Waals surface area (Å²) < 4.78 is 5.40. The van der Waals surface area contributed by atoms with Crippen LogP contribution in [0.3, 0.4) is 0 Å². The van der Waals surface area contributed by atoms with E-state index in [0.717, 1.165) is 55.5 Å². The predicted octanol–water partition coefficient (Wildman–Crippen LogP) is 2.19. The van der Waals surface area contributed by atoms with Gasteiger partial charge in [-0.3, -0.25) is 9.89 Å². The third kappa shape index (κ3) is 5.53. The summed E-state index contributed by atoms with van der Waals surface area (Å²) in [5.41, 5.74) is 2.19. The zero-order valence-corrected chi connectivity index (χ0v) is 15.6. The van der Waals surface area contributed by atoms with Crippen molar-refractivity contribution in [1.29, 1.82) is 0 Å². The number of aryl methyl sites for hydroxylation is 2. The third-order valence-corrected chi connectivity index (χ3v) is 4.26. The number of guanidine groups is 1. The van der Waals surface area contributed by atoms with Crippen molar-refractivity contribution in [2.45, 2.75) is 60.0 Å². The van der Waals surface area contributed by atoms with Gasteiger partial charge >= 0.3 is 0 Å². The van der Waals surface area contributed by atoms with Gasteiger partial charge in [-0.25, -0.2) is 0 Å². The Hall–Kier alpha value is -1.56. The topological polar surface area (TPSA) is 65.7 Å². The number of aliphatic imine (C=N–C) groups is 1. The zero-order valence-electron chi connectivity index (χ0n) is 15.6. The van der Waals surface area contributed by atoms with Crippen LogP contribution >= 0.6 is 0 Å². The number of rotatable bonds is 9. The first kappa shape index (κ1) is 19.5. The van der Waals surface area contributed by atoms with Crippen LogP contribution in [0.15, 0.2) is 9.52 Å². The second kappa shape index (κ2) is 10.3. The maximum absolute atomic E-state index is 5.40. The minimum Gasteiger partial charge on any atom is -0.361 e. The first-order valence-electron chi connectivity index (χ1n) is 8.75. The Kier molecular flexibility index (Phi) is 8.69. The van der Waals surface area contributed by atoms with Crippen LogP contribution in [0.25, 0.3) is 0 Å². The molecule has 0 aliphatic carbocycles. The van der Waals surface area contributed by atoms with Gasteiger partial charge in [-0.2, -0.15) is 0 Å². The van der Waals surface area contributed by atoms with E-state index in [0.29, 0.717) is 12.6 Å². The SMILES string of the molecule is CCc1noc(CC)c1CNC(=NC)NCC(C)N(CC)CC. The highest BCUT2D eigenvalue weighted by Crippen LogP contribution is 2.15. The van der Waals surface area contributed by atoms with Crippen molar-refractivity contribution in [1.82, 2.24) is 20.7 Å². The van der Waals surface area contributed by atoms with Crippen LogP contribution in [0, 0.1) is 0 Å². The van der Waals surface area contributed by atoms with E-state index < -0.39 is 0 Å². The number of likely N-dealkylation sites (N-methyl/N-ethyl adjacent to an activating group) is 1. The lowest BCUT2D eigenvalue weighted by Gasteiger charge is -2.27. The van der Waals surface area contributed by atoms with Crippen molar-refractivity contribution >= 4 is 5.96 Å². The Morgan fingerprint density at radius 1 is 1.17 bits per heavy atom. The van der Waals surface area contributed by atoms with Gasteiger partial charge in [-0.1, -0.05) is 32.9 Å². The summed E-state index contributed by atoms with van der Waals surface area (Å²) in [7, 11) is 1.80. The maximum atomic E-state index is 5.40. The molecule has 23 heavy (non-hydrogen) atoms. The Bertz CT molecular complexity index is 458. The Morgan fingerprint density at radius 2 is 1.87 bits per heavy atom. The van der Waals surface area contributed by atoms with E-state index in [9.17, 15) is 0 Å². The summed E-state index contributed by atoms with van der Waals surface area (Å²) >= 11 is 0. The number of hydrogen-bond donors (Lipinski definition) is 2. The number of hydrogen-bond acceptors (Lipinski definition) is 4. The van der Waals surface area contributed by atoms with Crippen LogP contribution in [0.4, 0.5) is 0 Å². The Labute approximate surface area is 140 Å². The van der Waals surface area contributed by atoms with Gasteiger partial charge in [-0.15, -0.1) is 0 Å². The first-order valence-corrected chi connectivity index (χ1v) is 8.75. The van der Waals surface area contributed by atoms with Gasteiger partial charge in [0.05, 0.1) is 5.69 Å². The van der Waals surface area contributed by atoms with Crippen molar-refractivity contribution < 1.29 is 4.52 Å². The molecule has 132 valence electrons. The minimum absolute atomic E-state index is 0.469. The molecule has 1 rings (SSSR count). The highest BCUT2D eigenvalue weighted by atomic mass is 16.5. The Morgan fingerprint density at radius 3 is 2.39 bits per heavy atom. The van der Waals surface area contributed by atoms with E-state index in [1.807, 2.05) is 0 Å². The van der Waals surface area contributed by atoms with Crippen LogP contribution in [0.2, 0.25) is 0 Å². The fourth-order valence-electron chi connectivity index (χ4n) is 2.75. The molecule has 6 nitrogen and oxygen atoms in total. The van der Waals surface area contributed by atoms with Crippen molar-refractivity contribution in [3.63, 3.8) is 0 Å². The van der Waals surface area contributed by atoms with E-state index in [-0.39, 0.29) is 0 Å². The van der Waals surface area contributed by atoms with Crippen LogP contribution in [0.5, 0.6) is 0 Å². The lowest BCUT2D eigenvalue weighted by molar-refractivity contribution is 0.231. The number of nitrogens with zero attached hydrogens (tertiary/aromatic N) is 3. The molecule has 1 aromatic rings. The molecule has 2 N–H and O–H groups in total. The van der Waals surface area contributed by atoms with Gasteiger partial charge in [-0.05, 0) is 26.4 Å². The first-order chi connectivity index (χ1) is 11.1. The molecule has 0 saturated heterocycles. The lowest BCUT2D eigenvalue weighted by Crippen LogP contribution is -2.45. The zero-order chi connectivity index (χ0) is 17.2. The largest absolute Gasteiger partial charge is 0.361 e. The van der Waals surface area contributed by atoms with Crippen LogP contribution in [0.1, 0.15) is 51.6 Å². The number of nitrogens with one attached hydrogen (secondary N) is 2. The fourth-order valence-corrected chi connectivity index (χ4v) is 2.75. The second-order valence-electron chi connectivity index (χ2n) is 5.62. The molecular weight excluding hydrogens is 290 g/mol. The van der Waals surface area contributed by atoms with E-state index in [1.54, 1.807) is 7.05 Å². The molecule has 0 radical (unpaired) electrons. The average molecular weight is 323 g/mol. The fraction of sp³-hybridized carbons (Fsp3) is 0.765. The van der Waals surface area contributed by atoms with Crippen molar-refractivity contribution in [3.8, 4) is 0 Å². The van der Waals surface area contributed by atoms with Gasteiger partial charge in [0.2, 0.25) is 0 Å². The molecule has 0 aliphatic heterocycles. The van der Waals surface area contributed by atoms with E-state index >= 15 is 0 Å². The molecule has 0 saturated carbocycles. The molecule has 0 fully saturated rings. The van der Waals surface area contributed by atoms with Gasteiger partial charge in [0.15, 0.2) is 5.96 Å². The maximum Gasteiger partial charge on any atom is 0.191 e. The molecule has 1 heterocycles. The summed E-state index contributed by atoms with van der Waals surface area (Å²) in [5.74, 6) is 1.77. The molecule has 0 aromatic carbocycles. The van der Waals surface area contributed by atoms with E-state index in [4.69, 9.17) is 4.52 Å². The van der Waals surface area contributed by atoms with E-state index in [2.05, 4.69) is 60.3 Å². The van der Waals surface area contributed by atoms with Gasteiger partial charge in [0.25, 0.3) is 0 Å². The summed E-state index contributed by atoms with van der Waals surface area (Å²) in [6.07, 6.45) is 1.74. The predicted molar refractivity (Wildman–Crippen MR) is 95.8 cm³/mol. The highest BCUT2D eigenvalue weighted by molar-refractivity contribution is 5.79. The number of aromatic nitrogens is 1. The minimum atomic E-state index is 0.469. The second-order valence-corrected chi connectivity index (χ2v) is 5.62. The van der Waals surface area contributed by atoms with Crippen LogP contribution in [-0.2, 0) is 19.4 Å². The van der Waals surface area contributed by atoms with Crippen LogP contribution in [-0.4, -0.2) is 48.7 Å². The van der Waals surface area contributed by atoms with E-state index in [1.165, 1.54) is 0 Å². The van der Waals surface area contributed by atoms with Crippen molar-refractivity contribution in [3.05, 3.63) is 17.0 Å². The van der Waals surface area contributed by atoms with Gasteiger partial charge < -0.3 is 15.2 Å². The Balaban J connectivity index is 2.56. The molecule has 0 bridgehead atoms. The van der Waals surface area contributed by atoms with Gasteiger partial charge in [0, 0.05) is 38.2 Å². The standard InChI is InChI=1S/C17H33N5O/c1-7-15-14(16(8-2)23-21-15)12-20-17(18-6)19-11-13(5)22(9-3)10-4/h13H,7-12H2,1-6H3,(H2,18,19,20).